The van der Waals surface area contributed by atoms with Gasteiger partial charge in [-0.25, -0.2) is 4.98 Å². The van der Waals surface area contributed by atoms with E-state index in [-0.39, 0.29) is 35.2 Å². The average molecular weight is 438 g/mol. The Morgan fingerprint density at radius 2 is 2.00 bits per heavy atom. The molecule has 2 fully saturated rings. The molecular weight excluding hydrogens is 409 g/mol. The molecule has 2 aromatic rings. The summed E-state index contributed by atoms with van der Waals surface area (Å²) in [5.41, 5.74) is 5.17. The van der Waals surface area contributed by atoms with Crippen LogP contribution in [0.3, 0.4) is 0 Å². The zero-order chi connectivity index (χ0) is 22.2. The van der Waals surface area contributed by atoms with E-state index in [2.05, 4.69) is 15.2 Å². The van der Waals surface area contributed by atoms with Crippen molar-refractivity contribution in [2.75, 3.05) is 32.4 Å². The van der Waals surface area contributed by atoms with Crippen molar-refractivity contribution in [1.82, 2.24) is 25.0 Å². The Balaban J connectivity index is 1.49. The number of hydrogen-bond acceptors (Lipinski definition) is 5. The molecule has 0 spiro atoms. The zero-order valence-electron chi connectivity index (χ0n) is 17.7. The monoisotopic (exact) mass is 438 g/mol. The summed E-state index contributed by atoms with van der Waals surface area (Å²) in [5, 5.41) is 6.07. The van der Waals surface area contributed by atoms with Gasteiger partial charge in [0.25, 0.3) is 0 Å². The number of aromatic amines is 1. The number of nitrogens with two attached hydrogens (primary N) is 1. The summed E-state index contributed by atoms with van der Waals surface area (Å²) in [6, 6.07) is 1.39. The molecule has 7 nitrogen and oxygen atoms in total. The van der Waals surface area contributed by atoms with E-state index in [1.54, 1.807) is 0 Å². The minimum atomic E-state index is -4.55. The van der Waals surface area contributed by atoms with Crippen LogP contribution >= 0.6 is 0 Å². The fourth-order valence-corrected chi connectivity index (χ4v) is 4.91. The highest BCUT2D eigenvalue weighted by Crippen LogP contribution is 2.38. The average Bonchev–Trinajstić information content (AvgIpc) is 3.13. The van der Waals surface area contributed by atoms with Crippen LogP contribution in [0.1, 0.15) is 62.1 Å². The van der Waals surface area contributed by atoms with Crippen molar-refractivity contribution in [3.8, 4) is 0 Å². The number of alkyl halides is 3. The minimum absolute atomic E-state index is 0.0208. The summed E-state index contributed by atoms with van der Waals surface area (Å²) in [6.45, 7) is 1.54. The number of likely N-dealkylation sites (tertiary alicyclic amines) is 1. The molecule has 0 aromatic carbocycles. The van der Waals surface area contributed by atoms with Crippen LogP contribution < -0.4 is 5.73 Å². The largest absolute Gasteiger partial charge is 0.417 e. The molecule has 2 aromatic heterocycles. The minimum Gasteiger partial charge on any atom is -0.383 e. The number of pyridine rings is 1. The second kappa shape index (κ2) is 8.64. The van der Waals surface area contributed by atoms with Crippen molar-refractivity contribution in [2.45, 2.75) is 63.1 Å². The molecule has 0 bridgehead atoms. The van der Waals surface area contributed by atoms with E-state index in [0.717, 1.165) is 51.1 Å². The normalized spacial score (nSPS) is 21.5. The highest BCUT2D eigenvalue weighted by atomic mass is 19.4. The van der Waals surface area contributed by atoms with E-state index in [9.17, 15) is 18.0 Å². The predicted octanol–water partition coefficient (Wildman–Crippen LogP) is 3.53. The van der Waals surface area contributed by atoms with Crippen molar-refractivity contribution in [1.29, 1.82) is 0 Å². The molecule has 10 heteroatoms. The number of carbonyl (C=O) groups excluding carboxylic acids is 1. The molecular formula is C21H29F3N6O. The Morgan fingerprint density at radius 3 is 2.71 bits per heavy atom. The number of nitrogen functional groups attached to an aromatic ring is 1. The molecule has 31 heavy (non-hydrogen) atoms. The van der Waals surface area contributed by atoms with Gasteiger partial charge >= 0.3 is 6.18 Å². The maximum atomic E-state index is 13.7. The van der Waals surface area contributed by atoms with Crippen molar-refractivity contribution >= 4 is 22.8 Å². The smallest absolute Gasteiger partial charge is 0.383 e. The predicted molar refractivity (Wildman–Crippen MR) is 111 cm³/mol. The number of nitrogens with zero attached hydrogens (tertiary/aromatic N) is 4. The van der Waals surface area contributed by atoms with Crippen molar-refractivity contribution < 1.29 is 18.0 Å². The molecule has 0 radical (unpaired) electrons. The number of fused-ring (bicyclic) bond motifs is 1. The summed E-state index contributed by atoms with van der Waals surface area (Å²) < 4.78 is 41.0. The van der Waals surface area contributed by atoms with E-state index in [4.69, 9.17) is 5.73 Å². The van der Waals surface area contributed by atoms with Crippen molar-refractivity contribution in [3.63, 3.8) is 0 Å². The summed E-state index contributed by atoms with van der Waals surface area (Å²) in [7, 11) is 1.87. The lowest BCUT2D eigenvalue weighted by atomic mass is 9.92. The van der Waals surface area contributed by atoms with Gasteiger partial charge in [0, 0.05) is 31.2 Å². The second-order valence-corrected chi connectivity index (χ2v) is 8.80. The fraction of sp³-hybridized carbons (Fsp3) is 0.667. The number of H-pyrrole nitrogens is 1. The number of aromatic nitrogens is 3. The first-order valence-electron chi connectivity index (χ1n) is 10.9. The summed E-state index contributed by atoms with van der Waals surface area (Å²) in [4.78, 5) is 21.1. The molecule has 0 unspecified atom stereocenters. The Labute approximate surface area is 179 Å². The third-order valence-electron chi connectivity index (χ3n) is 6.68. The quantitative estimate of drug-likeness (QED) is 0.762. The van der Waals surface area contributed by atoms with Crippen molar-refractivity contribution in [3.05, 3.63) is 17.3 Å². The van der Waals surface area contributed by atoms with Gasteiger partial charge < -0.3 is 10.6 Å². The Hall–Kier alpha value is -2.36. The van der Waals surface area contributed by atoms with Gasteiger partial charge in [-0.2, -0.15) is 18.3 Å². The molecule has 1 aliphatic heterocycles. The molecule has 1 amide bonds. The Bertz CT molecular complexity index is 937. The number of piperidine rings is 1. The number of rotatable bonds is 4. The summed E-state index contributed by atoms with van der Waals surface area (Å²) >= 11 is 0. The SMILES string of the molecule is CN(C(=O)CN1CCC[C@@H](c2cc(C(F)(F)F)c3c(N)[nH]nc3n2)C1)C1CCCCC1. The second-order valence-electron chi connectivity index (χ2n) is 8.80. The lowest BCUT2D eigenvalue weighted by molar-refractivity contribution is -0.136. The van der Waals surface area contributed by atoms with Gasteiger partial charge in [0.15, 0.2) is 5.65 Å². The molecule has 1 saturated carbocycles. The van der Waals surface area contributed by atoms with Crippen LogP contribution in [0, 0.1) is 0 Å². The number of nitrogens with one attached hydrogen (secondary N) is 1. The molecule has 1 saturated heterocycles. The molecule has 4 rings (SSSR count). The fourth-order valence-electron chi connectivity index (χ4n) is 4.91. The first kappa shape index (κ1) is 21.9. The molecule has 2 aliphatic rings. The van der Waals surface area contributed by atoms with Gasteiger partial charge in [-0.1, -0.05) is 19.3 Å². The number of halogens is 3. The number of hydrogen-bond donors (Lipinski definition) is 2. The number of amides is 1. The van der Waals surface area contributed by atoms with Gasteiger partial charge in [-0.15, -0.1) is 0 Å². The van der Waals surface area contributed by atoms with Crippen molar-refractivity contribution in [2.24, 2.45) is 0 Å². The van der Waals surface area contributed by atoms with Crippen LogP contribution in [0.5, 0.6) is 0 Å². The first-order chi connectivity index (χ1) is 14.7. The maximum absolute atomic E-state index is 13.7. The topological polar surface area (TPSA) is 91.1 Å². The third kappa shape index (κ3) is 4.63. The van der Waals surface area contributed by atoms with E-state index < -0.39 is 11.7 Å². The lowest BCUT2D eigenvalue weighted by Crippen LogP contribution is -2.46. The Morgan fingerprint density at radius 1 is 1.26 bits per heavy atom. The number of carbonyl (C=O) groups is 1. The molecule has 1 aliphatic carbocycles. The number of anilines is 1. The zero-order valence-corrected chi connectivity index (χ0v) is 17.7. The maximum Gasteiger partial charge on any atom is 0.417 e. The van der Waals surface area contributed by atoms with E-state index in [1.807, 2.05) is 16.8 Å². The van der Waals surface area contributed by atoms with E-state index in [0.29, 0.717) is 18.3 Å². The van der Waals surface area contributed by atoms with Crippen LogP contribution in [0.15, 0.2) is 6.07 Å². The summed E-state index contributed by atoms with van der Waals surface area (Å²) in [6.07, 6.45) is 2.59. The van der Waals surface area contributed by atoms with Crippen LogP contribution in [0.2, 0.25) is 0 Å². The van der Waals surface area contributed by atoms with Gasteiger partial charge in [0.2, 0.25) is 5.91 Å². The molecule has 170 valence electrons. The molecule has 3 heterocycles. The standard InChI is InChI=1S/C21H29F3N6O/c1-29(14-7-3-2-4-8-14)17(31)12-30-9-5-6-13(11-30)16-10-15(21(22,23)24)18-19(25)27-28-20(18)26-16/h10,13-14H,2-9,11-12H2,1H3,(H3,25,26,27,28)/t13-/m1/s1. The van der Waals surface area contributed by atoms with Gasteiger partial charge in [-0.3, -0.25) is 14.8 Å². The third-order valence-corrected chi connectivity index (χ3v) is 6.68. The molecule has 3 N–H and O–H groups in total. The summed E-state index contributed by atoms with van der Waals surface area (Å²) in [5.74, 6) is -0.250. The van der Waals surface area contributed by atoms with Crippen LogP contribution in [-0.4, -0.2) is 63.6 Å². The van der Waals surface area contributed by atoms with Gasteiger partial charge in [0.1, 0.15) is 5.82 Å². The van der Waals surface area contributed by atoms with Gasteiger partial charge in [-0.05, 0) is 38.3 Å². The first-order valence-corrected chi connectivity index (χ1v) is 10.9. The highest BCUT2D eigenvalue weighted by molar-refractivity contribution is 5.89. The lowest BCUT2D eigenvalue weighted by Gasteiger charge is -2.36. The van der Waals surface area contributed by atoms with E-state index in [1.165, 1.54) is 6.42 Å². The number of likely N-dealkylation sites (N-methyl/N-ethyl adjacent to an activating group) is 1. The van der Waals surface area contributed by atoms with Gasteiger partial charge in [0.05, 0.1) is 17.5 Å². The van der Waals surface area contributed by atoms with Crippen LogP contribution in [-0.2, 0) is 11.0 Å². The Kier molecular flexibility index (Phi) is 6.09. The highest BCUT2D eigenvalue weighted by Gasteiger charge is 2.36. The van der Waals surface area contributed by atoms with Crippen LogP contribution in [0.4, 0.5) is 19.0 Å². The van der Waals surface area contributed by atoms with E-state index >= 15 is 0 Å². The molecule has 1 atom stereocenters. The van der Waals surface area contributed by atoms with Crippen LogP contribution in [0.25, 0.3) is 11.0 Å².